The molecule has 2 fully saturated rings. The minimum Gasteiger partial charge on any atom is -0.282 e. The van der Waals surface area contributed by atoms with Crippen molar-refractivity contribution in [3.63, 3.8) is 0 Å². The van der Waals surface area contributed by atoms with E-state index >= 15 is 0 Å². The first-order chi connectivity index (χ1) is 9.83. The average Bonchev–Trinajstić information content (AvgIpc) is 2.92. The van der Waals surface area contributed by atoms with Gasteiger partial charge in [0.1, 0.15) is 5.82 Å². The fourth-order valence-corrected chi connectivity index (χ4v) is 4.39. The van der Waals surface area contributed by atoms with Gasteiger partial charge in [0.2, 0.25) is 0 Å². The van der Waals surface area contributed by atoms with Crippen molar-refractivity contribution in [1.82, 2.24) is 19.6 Å². The summed E-state index contributed by atoms with van der Waals surface area (Å²) in [6.45, 7) is 0. The van der Waals surface area contributed by atoms with Gasteiger partial charge in [0.15, 0.2) is 10.8 Å². The van der Waals surface area contributed by atoms with Crippen LogP contribution in [0.25, 0.3) is 5.65 Å². The molecule has 2 aliphatic carbocycles. The number of aromatic nitrogens is 4. The van der Waals surface area contributed by atoms with Crippen LogP contribution in [-0.4, -0.2) is 19.6 Å². The smallest absolute Gasteiger partial charge is 0.198 e. The molecule has 4 rings (SSSR count). The second-order valence-corrected chi connectivity index (χ2v) is 6.64. The second-order valence-electron chi connectivity index (χ2n) is 6.28. The molecular formula is C15H19ClN4. The molecule has 4 nitrogen and oxygen atoms in total. The molecule has 0 N–H and O–H groups in total. The monoisotopic (exact) mass is 290 g/mol. The highest BCUT2D eigenvalue weighted by Crippen LogP contribution is 2.45. The van der Waals surface area contributed by atoms with Gasteiger partial charge in [-0.05, 0) is 31.1 Å². The Kier molecular flexibility index (Phi) is 3.14. The summed E-state index contributed by atoms with van der Waals surface area (Å²) in [6.07, 6.45) is 13.2. The van der Waals surface area contributed by atoms with Crippen LogP contribution in [0.3, 0.4) is 0 Å². The molecule has 0 bridgehead atoms. The van der Waals surface area contributed by atoms with E-state index in [1.807, 2.05) is 10.6 Å². The van der Waals surface area contributed by atoms with Crippen molar-refractivity contribution < 1.29 is 0 Å². The standard InChI is InChI=1S/C15H19ClN4/c16-13-15-19-18-14(20(15)8-7-17-13)12-6-5-10-3-1-2-4-11(10)9-12/h7-8,10-12H,1-6,9H2. The molecule has 5 heteroatoms. The molecule has 2 aromatic heterocycles. The number of fused-ring (bicyclic) bond motifs is 2. The van der Waals surface area contributed by atoms with Gasteiger partial charge in [0, 0.05) is 18.3 Å². The van der Waals surface area contributed by atoms with Gasteiger partial charge in [-0.15, -0.1) is 10.2 Å². The van der Waals surface area contributed by atoms with Crippen LogP contribution in [0.5, 0.6) is 0 Å². The first-order valence-electron chi connectivity index (χ1n) is 7.68. The number of nitrogens with zero attached hydrogens (tertiary/aromatic N) is 4. The van der Waals surface area contributed by atoms with Crippen molar-refractivity contribution in [1.29, 1.82) is 0 Å². The van der Waals surface area contributed by atoms with Crippen LogP contribution in [0.4, 0.5) is 0 Å². The third-order valence-electron chi connectivity index (χ3n) is 5.22. The quantitative estimate of drug-likeness (QED) is 0.801. The Morgan fingerprint density at radius 2 is 1.90 bits per heavy atom. The van der Waals surface area contributed by atoms with Crippen molar-refractivity contribution in [2.45, 2.75) is 50.9 Å². The summed E-state index contributed by atoms with van der Waals surface area (Å²) >= 11 is 6.09. The van der Waals surface area contributed by atoms with Gasteiger partial charge in [-0.3, -0.25) is 4.40 Å². The Morgan fingerprint density at radius 3 is 2.80 bits per heavy atom. The molecule has 0 aliphatic heterocycles. The third kappa shape index (κ3) is 2.01. The van der Waals surface area contributed by atoms with Gasteiger partial charge >= 0.3 is 0 Å². The Bertz CT molecular complexity index is 623. The lowest BCUT2D eigenvalue weighted by Crippen LogP contribution is -2.27. The number of hydrogen-bond acceptors (Lipinski definition) is 3. The maximum absolute atomic E-state index is 6.09. The fraction of sp³-hybridized carbons (Fsp3) is 0.667. The van der Waals surface area contributed by atoms with E-state index in [-0.39, 0.29) is 0 Å². The van der Waals surface area contributed by atoms with E-state index in [0.717, 1.165) is 17.7 Å². The third-order valence-corrected chi connectivity index (χ3v) is 5.48. The van der Waals surface area contributed by atoms with Gasteiger partial charge in [-0.25, -0.2) is 4.98 Å². The predicted molar refractivity (Wildman–Crippen MR) is 77.8 cm³/mol. The first-order valence-corrected chi connectivity index (χ1v) is 8.06. The minimum absolute atomic E-state index is 0.442. The highest BCUT2D eigenvalue weighted by atomic mass is 35.5. The zero-order valence-electron chi connectivity index (χ0n) is 11.5. The average molecular weight is 291 g/mol. The van der Waals surface area contributed by atoms with Gasteiger partial charge in [0.25, 0.3) is 0 Å². The lowest BCUT2D eigenvalue weighted by Gasteiger charge is -2.38. The molecule has 0 saturated heterocycles. The number of hydrogen-bond donors (Lipinski definition) is 0. The van der Waals surface area contributed by atoms with Crippen molar-refractivity contribution in [3.05, 3.63) is 23.4 Å². The van der Waals surface area contributed by atoms with Gasteiger partial charge < -0.3 is 0 Å². The fourth-order valence-electron chi connectivity index (χ4n) is 4.20. The van der Waals surface area contributed by atoms with Gasteiger partial charge in [-0.1, -0.05) is 37.3 Å². The molecule has 2 saturated carbocycles. The van der Waals surface area contributed by atoms with Crippen LogP contribution < -0.4 is 0 Å². The highest BCUT2D eigenvalue weighted by Gasteiger charge is 2.34. The summed E-state index contributed by atoms with van der Waals surface area (Å²) in [6, 6.07) is 0. The lowest BCUT2D eigenvalue weighted by molar-refractivity contribution is 0.152. The Morgan fingerprint density at radius 1 is 1.05 bits per heavy atom. The molecule has 106 valence electrons. The van der Waals surface area contributed by atoms with E-state index in [2.05, 4.69) is 15.2 Å². The molecule has 20 heavy (non-hydrogen) atoms. The molecule has 2 heterocycles. The summed E-state index contributed by atoms with van der Waals surface area (Å²) < 4.78 is 2.03. The molecular weight excluding hydrogens is 272 g/mol. The Balaban J connectivity index is 1.65. The summed E-state index contributed by atoms with van der Waals surface area (Å²) in [7, 11) is 0. The van der Waals surface area contributed by atoms with E-state index in [4.69, 9.17) is 11.6 Å². The largest absolute Gasteiger partial charge is 0.282 e. The molecule has 3 unspecified atom stereocenters. The number of halogens is 1. The molecule has 0 aromatic carbocycles. The first kappa shape index (κ1) is 12.6. The summed E-state index contributed by atoms with van der Waals surface area (Å²) in [5.74, 6) is 3.47. The molecule has 3 atom stereocenters. The summed E-state index contributed by atoms with van der Waals surface area (Å²) in [4.78, 5) is 4.07. The molecule has 2 aromatic rings. The molecule has 0 amide bonds. The molecule has 0 radical (unpaired) electrons. The summed E-state index contributed by atoms with van der Waals surface area (Å²) in [5, 5.41) is 9.06. The Labute approximate surface area is 123 Å². The van der Waals surface area contributed by atoms with Crippen molar-refractivity contribution >= 4 is 17.2 Å². The van der Waals surface area contributed by atoms with Crippen molar-refractivity contribution in [2.75, 3.05) is 0 Å². The van der Waals surface area contributed by atoms with E-state index in [1.54, 1.807) is 6.20 Å². The van der Waals surface area contributed by atoms with Crippen LogP contribution in [0.15, 0.2) is 12.4 Å². The maximum Gasteiger partial charge on any atom is 0.198 e. The van der Waals surface area contributed by atoms with E-state index in [9.17, 15) is 0 Å². The van der Waals surface area contributed by atoms with Crippen LogP contribution in [0.1, 0.15) is 56.7 Å². The van der Waals surface area contributed by atoms with E-state index in [0.29, 0.717) is 16.7 Å². The highest BCUT2D eigenvalue weighted by molar-refractivity contribution is 6.32. The van der Waals surface area contributed by atoms with Crippen LogP contribution >= 0.6 is 11.6 Å². The predicted octanol–water partition coefficient (Wildman–Crippen LogP) is 3.85. The van der Waals surface area contributed by atoms with E-state index in [1.165, 1.54) is 44.9 Å². The summed E-state index contributed by atoms with van der Waals surface area (Å²) in [5.41, 5.74) is 0.690. The number of rotatable bonds is 1. The van der Waals surface area contributed by atoms with Gasteiger partial charge in [-0.2, -0.15) is 0 Å². The minimum atomic E-state index is 0.442. The van der Waals surface area contributed by atoms with Crippen LogP contribution in [0.2, 0.25) is 5.15 Å². The topological polar surface area (TPSA) is 43.1 Å². The lowest BCUT2D eigenvalue weighted by atomic mass is 9.67. The SMILES string of the molecule is Clc1nccn2c(C3CCC4CCCCC4C3)nnc12. The van der Waals surface area contributed by atoms with Crippen LogP contribution in [0, 0.1) is 11.8 Å². The normalized spacial score (nSPS) is 30.4. The second kappa shape index (κ2) is 4.99. The molecule has 0 spiro atoms. The molecule has 2 aliphatic rings. The Hall–Kier alpha value is -1.16. The van der Waals surface area contributed by atoms with Gasteiger partial charge in [0.05, 0.1) is 0 Å². The van der Waals surface area contributed by atoms with E-state index < -0.39 is 0 Å². The maximum atomic E-state index is 6.09. The zero-order valence-corrected chi connectivity index (χ0v) is 12.3. The van der Waals surface area contributed by atoms with Crippen molar-refractivity contribution in [3.8, 4) is 0 Å². The van der Waals surface area contributed by atoms with Crippen LogP contribution in [-0.2, 0) is 0 Å². The zero-order chi connectivity index (χ0) is 13.5. The van der Waals surface area contributed by atoms with Crippen molar-refractivity contribution in [2.24, 2.45) is 11.8 Å².